The van der Waals surface area contributed by atoms with Gasteiger partial charge in [0.05, 0.1) is 18.3 Å². The Kier molecular flexibility index (Phi) is 4.96. The highest BCUT2D eigenvalue weighted by Crippen LogP contribution is 2.26. The number of benzene rings is 1. The number of halogens is 3. The van der Waals surface area contributed by atoms with E-state index >= 15 is 0 Å². The molecule has 1 atom stereocenters. The van der Waals surface area contributed by atoms with E-state index < -0.39 is 30.8 Å². The minimum Gasteiger partial charge on any atom is -0.325 e. The maximum atomic E-state index is 13.1. The second-order valence-corrected chi connectivity index (χ2v) is 5.28. The van der Waals surface area contributed by atoms with E-state index in [1.54, 1.807) is 29.1 Å². The Hall–Kier alpha value is -2.06. The summed E-state index contributed by atoms with van der Waals surface area (Å²) in [7, 11) is 0. The zero-order valence-electron chi connectivity index (χ0n) is 12.3. The largest absolute Gasteiger partial charge is 0.325 e. The van der Waals surface area contributed by atoms with Gasteiger partial charge in [-0.25, -0.2) is 8.78 Å². The Bertz CT molecular complexity index is 706. The van der Waals surface area contributed by atoms with Crippen LogP contribution in [0.4, 0.5) is 14.5 Å². The molecule has 1 unspecified atom stereocenters. The molecule has 23 heavy (non-hydrogen) atoms. The molecule has 0 aliphatic carbocycles. The van der Waals surface area contributed by atoms with Gasteiger partial charge in [-0.3, -0.25) is 14.7 Å². The first-order valence-corrected chi connectivity index (χ1v) is 6.84. The van der Waals surface area contributed by atoms with Crippen LogP contribution in [0.5, 0.6) is 0 Å². The first kappa shape index (κ1) is 17.3. The van der Waals surface area contributed by atoms with Crippen molar-refractivity contribution in [3.63, 3.8) is 0 Å². The topological polar surface area (TPSA) is 71.8 Å². The number of amides is 1. The number of rotatable bonds is 3. The fraction of sp³-hybridized carbons (Fsp3) is 0.357. The van der Waals surface area contributed by atoms with E-state index in [0.717, 1.165) is 5.69 Å². The summed E-state index contributed by atoms with van der Waals surface area (Å²) in [5, 5.41) is 12.9. The Morgan fingerprint density at radius 2 is 2.26 bits per heavy atom. The molecule has 2 N–H and O–H groups in total. The zero-order chi connectivity index (χ0) is 15.7. The van der Waals surface area contributed by atoms with Crippen molar-refractivity contribution in [2.24, 2.45) is 0 Å². The minimum absolute atomic E-state index is 0. The molecule has 3 rings (SSSR count). The molecule has 1 fully saturated rings. The highest BCUT2D eigenvalue weighted by Gasteiger charge is 2.42. The molecule has 1 aromatic heterocycles. The molecule has 0 saturated carbocycles. The standard InChI is InChI=1S/C14H15F2N5O.ClH/c1-9-20-18-8-21(9)11-4-2-3-10(5-11)19-13(22)12-6-14(15,16)7-17-12;/h2-5,8,12,17H,6-7H2,1H3,(H,19,22);1H. The van der Waals surface area contributed by atoms with Gasteiger partial charge in [-0.2, -0.15) is 0 Å². The summed E-state index contributed by atoms with van der Waals surface area (Å²) in [6.07, 6.45) is 1.08. The van der Waals surface area contributed by atoms with Gasteiger partial charge in [0.25, 0.3) is 5.92 Å². The van der Waals surface area contributed by atoms with E-state index in [2.05, 4.69) is 20.8 Å². The lowest BCUT2D eigenvalue weighted by Crippen LogP contribution is -2.35. The molecule has 2 heterocycles. The second-order valence-electron chi connectivity index (χ2n) is 5.28. The Balaban J connectivity index is 0.00000192. The van der Waals surface area contributed by atoms with E-state index in [9.17, 15) is 13.6 Å². The third-order valence-electron chi connectivity index (χ3n) is 3.54. The second kappa shape index (κ2) is 6.59. The lowest BCUT2D eigenvalue weighted by atomic mass is 10.1. The lowest BCUT2D eigenvalue weighted by molar-refractivity contribution is -0.118. The molecule has 1 amide bonds. The van der Waals surface area contributed by atoms with E-state index in [-0.39, 0.29) is 12.4 Å². The average molecular weight is 344 g/mol. The van der Waals surface area contributed by atoms with Gasteiger partial charge in [0.1, 0.15) is 12.2 Å². The number of alkyl halides is 2. The summed E-state index contributed by atoms with van der Waals surface area (Å²) in [6.45, 7) is 1.34. The third kappa shape index (κ3) is 3.83. The SMILES string of the molecule is Cc1nncn1-c1cccc(NC(=O)C2CC(F)(F)CN2)c1.Cl. The van der Waals surface area contributed by atoms with E-state index in [4.69, 9.17) is 0 Å². The van der Waals surface area contributed by atoms with Crippen molar-refractivity contribution in [3.8, 4) is 5.69 Å². The normalized spacial score (nSPS) is 19.2. The van der Waals surface area contributed by atoms with Crippen LogP contribution in [0, 0.1) is 6.92 Å². The van der Waals surface area contributed by atoms with Gasteiger partial charge in [-0.15, -0.1) is 22.6 Å². The van der Waals surface area contributed by atoms with Crippen molar-refractivity contribution in [3.05, 3.63) is 36.4 Å². The highest BCUT2D eigenvalue weighted by molar-refractivity contribution is 5.95. The molecular weight excluding hydrogens is 328 g/mol. The average Bonchev–Trinajstić information content (AvgIpc) is 3.05. The van der Waals surface area contributed by atoms with Crippen molar-refractivity contribution >= 4 is 24.0 Å². The summed E-state index contributed by atoms with van der Waals surface area (Å²) < 4.78 is 28.0. The van der Waals surface area contributed by atoms with Crippen molar-refractivity contribution in [2.45, 2.75) is 25.3 Å². The number of aromatic nitrogens is 3. The van der Waals surface area contributed by atoms with Gasteiger partial charge >= 0.3 is 0 Å². The number of anilines is 1. The summed E-state index contributed by atoms with van der Waals surface area (Å²) in [5.41, 5.74) is 1.32. The van der Waals surface area contributed by atoms with Crippen LogP contribution < -0.4 is 10.6 Å². The van der Waals surface area contributed by atoms with Gasteiger partial charge < -0.3 is 5.32 Å². The maximum Gasteiger partial charge on any atom is 0.262 e. The smallest absolute Gasteiger partial charge is 0.262 e. The molecule has 1 aliphatic rings. The fourth-order valence-corrected chi connectivity index (χ4v) is 2.41. The van der Waals surface area contributed by atoms with Crippen LogP contribution in [0.2, 0.25) is 0 Å². The van der Waals surface area contributed by atoms with E-state index in [1.165, 1.54) is 0 Å². The lowest BCUT2D eigenvalue weighted by Gasteiger charge is -2.12. The van der Waals surface area contributed by atoms with Crippen molar-refractivity contribution in [1.82, 2.24) is 20.1 Å². The predicted octanol–water partition coefficient (Wildman–Crippen LogP) is 1.93. The van der Waals surface area contributed by atoms with Gasteiger partial charge in [-0.1, -0.05) is 6.07 Å². The van der Waals surface area contributed by atoms with Crippen LogP contribution in [-0.4, -0.2) is 39.2 Å². The molecule has 1 aromatic carbocycles. The molecule has 0 radical (unpaired) electrons. The molecule has 0 spiro atoms. The number of nitrogens with zero attached hydrogens (tertiary/aromatic N) is 3. The first-order valence-electron chi connectivity index (χ1n) is 6.84. The number of nitrogens with one attached hydrogen (secondary N) is 2. The minimum atomic E-state index is -2.83. The third-order valence-corrected chi connectivity index (χ3v) is 3.54. The summed E-state index contributed by atoms with van der Waals surface area (Å²) in [5.74, 6) is -2.58. The molecule has 6 nitrogen and oxygen atoms in total. The summed E-state index contributed by atoms with van der Waals surface area (Å²) in [4.78, 5) is 12.0. The number of hydrogen-bond acceptors (Lipinski definition) is 4. The van der Waals surface area contributed by atoms with E-state index in [0.29, 0.717) is 11.5 Å². The van der Waals surface area contributed by atoms with Crippen molar-refractivity contribution < 1.29 is 13.6 Å². The van der Waals surface area contributed by atoms with Crippen LogP contribution in [0.15, 0.2) is 30.6 Å². The van der Waals surface area contributed by atoms with Gasteiger partial charge in [0.15, 0.2) is 0 Å². The number of aryl methyl sites for hydroxylation is 1. The van der Waals surface area contributed by atoms with E-state index in [1.807, 2.05) is 13.0 Å². The van der Waals surface area contributed by atoms with Crippen LogP contribution >= 0.6 is 12.4 Å². The van der Waals surface area contributed by atoms with Gasteiger partial charge in [-0.05, 0) is 25.1 Å². The molecule has 9 heteroatoms. The molecule has 2 aromatic rings. The van der Waals surface area contributed by atoms with Crippen molar-refractivity contribution in [1.29, 1.82) is 0 Å². The number of carbonyl (C=O) groups excluding carboxylic acids is 1. The highest BCUT2D eigenvalue weighted by atomic mass is 35.5. The Morgan fingerprint density at radius 1 is 1.48 bits per heavy atom. The van der Waals surface area contributed by atoms with Crippen LogP contribution in [0.25, 0.3) is 5.69 Å². The van der Waals surface area contributed by atoms with Crippen molar-refractivity contribution in [2.75, 3.05) is 11.9 Å². The van der Waals surface area contributed by atoms with Crippen LogP contribution in [0.3, 0.4) is 0 Å². The monoisotopic (exact) mass is 343 g/mol. The Labute approximate surface area is 137 Å². The molecule has 124 valence electrons. The van der Waals surface area contributed by atoms with Gasteiger partial charge in [0.2, 0.25) is 5.91 Å². The summed E-state index contributed by atoms with van der Waals surface area (Å²) >= 11 is 0. The molecule has 1 saturated heterocycles. The quantitative estimate of drug-likeness (QED) is 0.893. The number of carbonyl (C=O) groups is 1. The van der Waals surface area contributed by atoms with Crippen LogP contribution in [0.1, 0.15) is 12.2 Å². The summed E-state index contributed by atoms with van der Waals surface area (Å²) in [6, 6.07) is 6.17. The molecular formula is C14H16ClF2N5O. The Morgan fingerprint density at radius 3 is 2.87 bits per heavy atom. The molecule has 1 aliphatic heterocycles. The maximum absolute atomic E-state index is 13.1. The van der Waals surface area contributed by atoms with Gasteiger partial charge in [0, 0.05) is 12.1 Å². The number of hydrogen-bond donors (Lipinski definition) is 2. The first-order chi connectivity index (χ1) is 10.4. The molecule has 0 bridgehead atoms. The van der Waals surface area contributed by atoms with Crippen LogP contribution in [-0.2, 0) is 4.79 Å². The fourth-order valence-electron chi connectivity index (χ4n) is 2.41. The predicted molar refractivity (Wildman–Crippen MR) is 83.3 cm³/mol. The zero-order valence-corrected chi connectivity index (χ0v) is 13.1.